The molecule has 14 heteroatoms. The lowest BCUT2D eigenvalue weighted by Gasteiger charge is -2.24. The van der Waals surface area contributed by atoms with Crippen LogP contribution in [0.3, 0.4) is 0 Å². The van der Waals surface area contributed by atoms with E-state index in [0.717, 1.165) is 6.42 Å². The van der Waals surface area contributed by atoms with Crippen molar-refractivity contribution in [3.8, 4) is 0 Å². The fourth-order valence-electron chi connectivity index (χ4n) is 2.87. The Kier molecular flexibility index (Phi) is 10.8. The van der Waals surface area contributed by atoms with Gasteiger partial charge in [-0.2, -0.15) is 12.6 Å². The van der Waals surface area contributed by atoms with E-state index in [-0.39, 0.29) is 18.6 Å². The number of amides is 5. The molecular weight excluding hydrogens is 432 g/mol. The number of hydrogen-bond donors (Lipinski definition) is 8. The van der Waals surface area contributed by atoms with Crippen LogP contribution in [-0.2, 0) is 28.8 Å². The summed E-state index contributed by atoms with van der Waals surface area (Å²) in [4.78, 5) is 70.8. The second-order valence-electron chi connectivity index (χ2n) is 7.03. The van der Waals surface area contributed by atoms with Crippen LogP contribution >= 0.6 is 12.6 Å². The summed E-state index contributed by atoms with van der Waals surface area (Å²) in [5.41, 5.74) is 10.1. The van der Waals surface area contributed by atoms with Crippen LogP contribution in [0.5, 0.6) is 0 Å². The normalized spacial score (nSPS) is 18.3. The minimum Gasteiger partial charge on any atom is -0.480 e. The van der Waals surface area contributed by atoms with E-state index in [2.05, 4.69) is 33.9 Å². The number of carbonyl (C=O) groups is 6. The standard InChI is InChI=1S/C17H28N6O7S/c18-12(24)4-3-9(17(29)30)21-15(27)10(6-13(19)25)22-16(28)11(7-31)23-14(26)8-2-1-5-20-8/h8-11,20,31H,1-7H2,(H2,18,24)(H2,19,25)(H,21,27)(H,22,28)(H,23,26)(H,29,30). The molecule has 1 aliphatic heterocycles. The molecule has 1 heterocycles. The zero-order chi connectivity index (χ0) is 23.6. The van der Waals surface area contributed by atoms with E-state index in [1.54, 1.807) is 0 Å². The molecule has 5 amide bonds. The predicted molar refractivity (Wildman–Crippen MR) is 111 cm³/mol. The monoisotopic (exact) mass is 460 g/mol. The van der Waals surface area contributed by atoms with Crippen molar-refractivity contribution in [3.63, 3.8) is 0 Å². The number of rotatable bonds is 13. The Bertz CT molecular complexity index is 713. The van der Waals surface area contributed by atoms with Gasteiger partial charge in [-0.3, -0.25) is 24.0 Å². The number of thiol groups is 1. The van der Waals surface area contributed by atoms with Crippen molar-refractivity contribution in [2.45, 2.75) is 56.3 Å². The van der Waals surface area contributed by atoms with Gasteiger partial charge in [-0.15, -0.1) is 0 Å². The highest BCUT2D eigenvalue weighted by Crippen LogP contribution is 2.06. The lowest BCUT2D eigenvalue weighted by atomic mass is 10.1. The highest BCUT2D eigenvalue weighted by Gasteiger charge is 2.31. The van der Waals surface area contributed by atoms with Gasteiger partial charge in [-0.05, 0) is 25.8 Å². The highest BCUT2D eigenvalue weighted by atomic mass is 32.1. The van der Waals surface area contributed by atoms with Crippen LogP contribution in [0, 0.1) is 0 Å². The number of carbonyl (C=O) groups excluding carboxylic acids is 5. The molecule has 4 atom stereocenters. The van der Waals surface area contributed by atoms with Crippen LogP contribution in [0.1, 0.15) is 32.1 Å². The van der Waals surface area contributed by atoms with Gasteiger partial charge >= 0.3 is 5.97 Å². The fraction of sp³-hybridized carbons (Fsp3) is 0.647. The van der Waals surface area contributed by atoms with Crippen LogP contribution in [-0.4, -0.2) is 77.1 Å². The van der Waals surface area contributed by atoms with Crippen molar-refractivity contribution in [2.24, 2.45) is 11.5 Å². The molecule has 0 saturated carbocycles. The molecular formula is C17H28N6O7S. The smallest absolute Gasteiger partial charge is 0.326 e. The Labute approximate surface area is 183 Å². The van der Waals surface area contributed by atoms with E-state index < -0.39 is 66.1 Å². The summed E-state index contributed by atoms with van der Waals surface area (Å²) in [6.45, 7) is 0.678. The van der Waals surface area contributed by atoms with Crippen molar-refractivity contribution in [1.82, 2.24) is 21.3 Å². The zero-order valence-electron chi connectivity index (χ0n) is 16.8. The molecule has 0 spiro atoms. The number of nitrogens with one attached hydrogen (secondary N) is 4. The SMILES string of the molecule is NC(=O)CCC(NC(=O)C(CC(N)=O)NC(=O)C(CS)NC(=O)C1CCCN1)C(=O)O. The molecule has 1 saturated heterocycles. The summed E-state index contributed by atoms with van der Waals surface area (Å²) in [5.74, 6) is -5.40. The lowest BCUT2D eigenvalue weighted by molar-refractivity contribution is -0.142. The predicted octanol–water partition coefficient (Wildman–Crippen LogP) is -3.65. The van der Waals surface area contributed by atoms with Crippen LogP contribution in [0.25, 0.3) is 0 Å². The first-order valence-electron chi connectivity index (χ1n) is 9.59. The fourth-order valence-corrected chi connectivity index (χ4v) is 3.13. The number of nitrogens with two attached hydrogens (primary N) is 2. The van der Waals surface area contributed by atoms with Crippen molar-refractivity contribution in [3.05, 3.63) is 0 Å². The minimum absolute atomic E-state index is 0.0917. The summed E-state index contributed by atoms with van der Waals surface area (Å²) in [6.07, 6.45) is 0.236. The molecule has 1 rings (SSSR count). The van der Waals surface area contributed by atoms with Crippen LogP contribution in [0.2, 0.25) is 0 Å². The van der Waals surface area contributed by atoms with Crippen LogP contribution < -0.4 is 32.7 Å². The average Bonchev–Trinajstić information content (AvgIpc) is 3.22. The van der Waals surface area contributed by atoms with Crippen molar-refractivity contribution >= 4 is 48.1 Å². The molecule has 9 N–H and O–H groups in total. The molecule has 0 aromatic carbocycles. The van der Waals surface area contributed by atoms with Gasteiger partial charge < -0.3 is 37.8 Å². The van der Waals surface area contributed by atoms with Gasteiger partial charge in [0.25, 0.3) is 0 Å². The first-order chi connectivity index (χ1) is 14.5. The first kappa shape index (κ1) is 26.2. The third-order valence-corrected chi connectivity index (χ3v) is 4.89. The van der Waals surface area contributed by atoms with Gasteiger partial charge in [0.15, 0.2) is 0 Å². The van der Waals surface area contributed by atoms with Crippen molar-refractivity contribution < 1.29 is 33.9 Å². The zero-order valence-corrected chi connectivity index (χ0v) is 17.7. The van der Waals surface area contributed by atoms with E-state index in [1.807, 2.05) is 0 Å². The maximum atomic E-state index is 12.6. The van der Waals surface area contributed by atoms with Crippen molar-refractivity contribution in [2.75, 3.05) is 12.3 Å². The second-order valence-corrected chi connectivity index (χ2v) is 7.39. The molecule has 31 heavy (non-hydrogen) atoms. The van der Waals surface area contributed by atoms with Gasteiger partial charge in [-0.25, -0.2) is 4.79 Å². The van der Waals surface area contributed by atoms with Gasteiger partial charge in [-0.1, -0.05) is 0 Å². The van der Waals surface area contributed by atoms with Crippen LogP contribution in [0.15, 0.2) is 0 Å². The number of hydrogen-bond acceptors (Lipinski definition) is 8. The molecule has 0 radical (unpaired) electrons. The Morgan fingerprint density at radius 1 is 0.968 bits per heavy atom. The largest absolute Gasteiger partial charge is 0.480 e. The van der Waals surface area contributed by atoms with E-state index >= 15 is 0 Å². The summed E-state index contributed by atoms with van der Waals surface area (Å²) >= 11 is 4.04. The van der Waals surface area contributed by atoms with Gasteiger partial charge in [0.1, 0.15) is 18.1 Å². The topological polar surface area (TPSA) is 223 Å². The maximum absolute atomic E-state index is 12.6. The second kappa shape index (κ2) is 12.7. The first-order valence-corrected chi connectivity index (χ1v) is 10.2. The maximum Gasteiger partial charge on any atom is 0.326 e. The van der Waals surface area contributed by atoms with Crippen molar-refractivity contribution in [1.29, 1.82) is 0 Å². The summed E-state index contributed by atoms with van der Waals surface area (Å²) in [5, 5.41) is 19.1. The number of aliphatic carboxylic acids is 1. The number of carboxylic acids is 1. The Morgan fingerprint density at radius 2 is 1.58 bits per heavy atom. The lowest BCUT2D eigenvalue weighted by Crippen LogP contribution is -2.58. The van der Waals surface area contributed by atoms with E-state index in [0.29, 0.717) is 13.0 Å². The average molecular weight is 461 g/mol. The molecule has 0 aromatic heterocycles. The number of primary amides is 2. The molecule has 13 nitrogen and oxygen atoms in total. The van der Waals surface area contributed by atoms with Gasteiger partial charge in [0, 0.05) is 12.2 Å². The molecule has 4 unspecified atom stereocenters. The van der Waals surface area contributed by atoms with E-state index in [9.17, 15) is 33.9 Å². The van der Waals surface area contributed by atoms with Crippen LogP contribution in [0.4, 0.5) is 0 Å². The van der Waals surface area contributed by atoms with Gasteiger partial charge in [0.2, 0.25) is 29.5 Å². The molecule has 0 aliphatic carbocycles. The third-order valence-electron chi connectivity index (χ3n) is 4.52. The Hall–Kier alpha value is -2.87. The summed E-state index contributed by atoms with van der Waals surface area (Å²) in [7, 11) is 0. The quantitative estimate of drug-likeness (QED) is 0.128. The Balaban J connectivity index is 2.81. The minimum atomic E-state index is -1.50. The molecule has 0 aromatic rings. The van der Waals surface area contributed by atoms with E-state index in [1.165, 1.54) is 0 Å². The third kappa shape index (κ3) is 9.21. The summed E-state index contributed by atoms with van der Waals surface area (Å²) < 4.78 is 0. The van der Waals surface area contributed by atoms with E-state index in [4.69, 9.17) is 11.5 Å². The molecule has 1 fully saturated rings. The molecule has 174 valence electrons. The Morgan fingerprint density at radius 3 is 2.06 bits per heavy atom. The summed E-state index contributed by atoms with van der Waals surface area (Å²) in [6, 6.07) is -4.52. The molecule has 1 aliphatic rings. The van der Waals surface area contributed by atoms with Gasteiger partial charge in [0.05, 0.1) is 12.5 Å². The molecule has 0 bridgehead atoms. The highest BCUT2D eigenvalue weighted by molar-refractivity contribution is 7.80. The number of carboxylic acid groups (broad SMARTS) is 1.